The zero-order valence-electron chi connectivity index (χ0n) is 39.6. The van der Waals surface area contributed by atoms with Crippen LogP contribution >= 0.6 is 0 Å². The highest BCUT2D eigenvalue weighted by molar-refractivity contribution is 6.11. The molecule has 0 amide bonds. The van der Waals surface area contributed by atoms with E-state index >= 15 is 0 Å². The molecular formula is C70H48N2. The van der Waals surface area contributed by atoms with Crippen LogP contribution in [-0.2, 0) is 0 Å². The first kappa shape index (κ1) is 42.6. The van der Waals surface area contributed by atoms with Gasteiger partial charge in [-0.2, -0.15) is 0 Å². The number of benzene rings is 11. The van der Waals surface area contributed by atoms with Crippen molar-refractivity contribution < 1.29 is 0 Å². The molecule has 338 valence electrons. The SMILES string of the molecule is c1ccc(-c2cccc(-c3cc(-n4c(-c5ccccc5)ccc4-c4ccccc4)cc4cc5c(-c6cccc(-c7ccccc7)c6)cc(-n6c(-c7ccccc7)ccc6-c6ccccc6)cc5cc34)c2)cc1. The average molecular weight is 917 g/mol. The molecule has 0 saturated carbocycles. The van der Waals surface area contributed by atoms with Gasteiger partial charge in [0.2, 0.25) is 0 Å². The van der Waals surface area contributed by atoms with Crippen LogP contribution in [0.5, 0.6) is 0 Å². The highest BCUT2D eigenvalue weighted by atomic mass is 15.0. The molecule has 0 N–H and O–H groups in total. The largest absolute Gasteiger partial charge is 0.309 e. The van der Waals surface area contributed by atoms with Crippen LogP contribution in [0.2, 0.25) is 0 Å². The molecule has 0 aliphatic heterocycles. The van der Waals surface area contributed by atoms with Crippen molar-refractivity contribution >= 4 is 21.5 Å². The third-order valence-corrected chi connectivity index (χ3v) is 14.1. The quantitative estimate of drug-likeness (QED) is 0.121. The van der Waals surface area contributed by atoms with Crippen molar-refractivity contribution in [2.45, 2.75) is 0 Å². The van der Waals surface area contributed by atoms with Crippen molar-refractivity contribution in [1.82, 2.24) is 9.13 Å². The molecule has 0 atom stereocenters. The maximum atomic E-state index is 2.45. The molecule has 2 nitrogen and oxygen atoms in total. The molecule has 0 spiro atoms. The van der Waals surface area contributed by atoms with Crippen molar-refractivity contribution in [3.8, 4) is 101 Å². The van der Waals surface area contributed by atoms with Crippen molar-refractivity contribution in [2.24, 2.45) is 0 Å². The fourth-order valence-corrected chi connectivity index (χ4v) is 10.7. The summed E-state index contributed by atoms with van der Waals surface area (Å²) in [6.45, 7) is 0. The summed E-state index contributed by atoms with van der Waals surface area (Å²) >= 11 is 0. The van der Waals surface area contributed by atoms with E-state index in [4.69, 9.17) is 0 Å². The topological polar surface area (TPSA) is 9.86 Å². The zero-order valence-corrected chi connectivity index (χ0v) is 39.6. The molecule has 13 rings (SSSR count). The van der Waals surface area contributed by atoms with Gasteiger partial charge in [-0.3, -0.25) is 0 Å². The van der Waals surface area contributed by atoms with Crippen molar-refractivity contribution in [2.75, 3.05) is 0 Å². The smallest absolute Gasteiger partial charge is 0.0535 e. The van der Waals surface area contributed by atoms with E-state index in [0.717, 1.165) is 78.3 Å². The van der Waals surface area contributed by atoms with Gasteiger partial charge in [-0.1, -0.05) is 218 Å². The molecule has 0 aliphatic rings. The van der Waals surface area contributed by atoms with Gasteiger partial charge >= 0.3 is 0 Å². The summed E-state index contributed by atoms with van der Waals surface area (Å²) in [5, 5.41) is 4.70. The van der Waals surface area contributed by atoms with Crippen LogP contribution in [0, 0.1) is 0 Å². The van der Waals surface area contributed by atoms with Crippen LogP contribution in [0.4, 0.5) is 0 Å². The number of rotatable bonds is 10. The van der Waals surface area contributed by atoms with E-state index in [1.165, 1.54) is 44.2 Å². The fraction of sp³-hybridized carbons (Fsp3) is 0. The van der Waals surface area contributed by atoms with Crippen molar-refractivity contribution in [3.63, 3.8) is 0 Å². The standard InChI is InChI=1S/C70H48N2/c1-7-21-49(22-8-1)55-33-19-35-57(41-55)65-47-61(71-67(51-25-11-3-12-26-51)37-38-68(71)52-27-13-4-14-28-52)43-59-46-64-60(45-63(59)65)44-62(48-66(64)58-36-20-34-56(42-58)50-23-9-2-10-24-50)72-69(53-29-15-5-16-30-53)39-40-70(72)54-31-17-6-18-32-54/h1-48H. The van der Waals surface area contributed by atoms with E-state index in [2.05, 4.69) is 300 Å². The minimum Gasteiger partial charge on any atom is -0.309 e. The molecule has 0 saturated heterocycles. The molecule has 11 aromatic carbocycles. The van der Waals surface area contributed by atoms with E-state index in [1.807, 2.05) is 0 Å². The lowest BCUT2D eigenvalue weighted by Crippen LogP contribution is -2.02. The number of hydrogen-bond acceptors (Lipinski definition) is 0. The third kappa shape index (κ3) is 7.92. The molecule has 72 heavy (non-hydrogen) atoms. The maximum Gasteiger partial charge on any atom is 0.0535 e. The molecule has 0 unspecified atom stereocenters. The Morgan fingerprint density at radius 2 is 0.444 bits per heavy atom. The number of nitrogens with zero attached hydrogens (tertiary/aromatic N) is 2. The predicted octanol–water partition coefficient (Wildman–Crippen LogP) is 18.9. The summed E-state index contributed by atoms with van der Waals surface area (Å²) in [4.78, 5) is 0. The normalized spacial score (nSPS) is 11.3. The van der Waals surface area contributed by atoms with Crippen molar-refractivity contribution in [3.05, 3.63) is 291 Å². The van der Waals surface area contributed by atoms with Crippen LogP contribution in [-0.4, -0.2) is 9.13 Å². The van der Waals surface area contributed by atoms with Crippen LogP contribution in [0.15, 0.2) is 291 Å². The van der Waals surface area contributed by atoms with Gasteiger partial charge in [-0.25, -0.2) is 0 Å². The van der Waals surface area contributed by atoms with Crippen LogP contribution < -0.4 is 0 Å². The zero-order chi connectivity index (χ0) is 47.8. The van der Waals surface area contributed by atoms with Crippen LogP contribution in [0.3, 0.4) is 0 Å². The Morgan fingerprint density at radius 1 is 0.181 bits per heavy atom. The fourth-order valence-electron chi connectivity index (χ4n) is 10.7. The summed E-state index contributed by atoms with van der Waals surface area (Å²) in [5.74, 6) is 0. The van der Waals surface area contributed by atoms with Crippen LogP contribution in [0.1, 0.15) is 0 Å². The minimum absolute atomic E-state index is 1.10. The van der Waals surface area contributed by atoms with Gasteiger partial charge < -0.3 is 9.13 Å². The maximum absolute atomic E-state index is 2.45. The number of hydrogen-bond donors (Lipinski definition) is 0. The first-order valence-electron chi connectivity index (χ1n) is 24.7. The van der Waals surface area contributed by atoms with Gasteiger partial charge in [0, 0.05) is 11.4 Å². The first-order valence-corrected chi connectivity index (χ1v) is 24.7. The first-order chi connectivity index (χ1) is 35.7. The molecule has 0 fully saturated rings. The summed E-state index contributed by atoms with van der Waals surface area (Å²) in [6, 6.07) is 106. The number of aromatic nitrogens is 2. The highest BCUT2D eigenvalue weighted by Gasteiger charge is 2.21. The monoisotopic (exact) mass is 916 g/mol. The van der Waals surface area contributed by atoms with E-state index in [-0.39, 0.29) is 0 Å². The van der Waals surface area contributed by atoms with E-state index < -0.39 is 0 Å². The predicted molar refractivity (Wildman–Crippen MR) is 304 cm³/mol. The second-order valence-corrected chi connectivity index (χ2v) is 18.5. The summed E-state index contributed by atoms with van der Waals surface area (Å²) < 4.78 is 4.91. The lowest BCUT2D eigenvalue weighted by molar-refractivity contribution is 1.10. The van der Waals surface area contributed by atoms with Gasteiger partial charge in [0.05, 0.1) is 22.8 Å². The molecule has 0 aliphatic carbocycles. The van der Waals surface area contributed by atoms with E-state index in [1.54, 1.807) is 0 Å². The third-order valence-electron chi connectivity index (χ3n) is 14.1. The van der Waals surface area contributed by atoms with E-state index in [0.29, 0.717) is 0 Å². The van der Waals surface area contributed by atoms with Crippen molar-refractivity contribution in [1.29, 1.82) is 0 Å². The summed E-state index contributed by atoms with van der Waals surface area (Å²) in [5.41, 5.74) is 20.8. The van der Waals surface area contributed by atoms with Crippen LogP contribution in [0.25, 0.3) is 122 Å². The Kier molecular flexibility index (Phi) is 10.9. The lowest BCUT2D eigenvalue weighted by atomic mass is 9.89. The van der Waals surface area contributed by atoms with Gasteiger partial charge in [0.1, 0.15) is 0 Å². The summed E-state index contributed by atoms with van der Waals surface area (Å²) in [7, 11) is 0. The lowest BCUT2D eigenvalue weighted by Gasteiger charge is -2.20. The van der Waals surface area contributed by atoms with E-state index in [9.17, 15) is 0 Å². The Bertz CT molecular complexity index is 3660. The average Bonchev–Trinajstić information content (AvgIpc) is 4.12. The highest BCUT2D eigenvalue weighted by Crippen LogP contribution is 2.44. The molecule has 2 aromatic heterocycles. The number of fused-ring (bicyclic) bond motifs is 2. The molecule has 2 heterocycles. The Labute approximate surface area is 420 Å². The second-order valence-electron chi connectivity index (χ2n) is 18.5. The van der Waals surface area contributed by atoms with Gasteiger partial charge in [0.25, 0.3) is 0 Å². The molecule has 0 bridgehead atoms. The Morgan fingerprint density at radius 3 is 0.750 bits per heavy atom. The molecule has 2 heteroatoms. The van der Waals surface area contributed by atoms with Gasteiger partial charge in [-0.15, -0.1) is 0 Å². The molecule has 13 aromatic rings. The Hall–Kier alpha value is -9.50. The minimum atomic E-state index is 1.10. The Balaban J connectivity index is 1.13. The second kappa shape index (κ2) is 18.4. The summed E-state index contributed by atoms with van der Waals surface area (Å²) in [6.07, 6.45) is 0. The van der Waals surface area contributed by atoms with Gasteiger partial charge in [0.15, 0.2) is 0 Å². The van der Waals surface area contributed by atoms with Gasteiger partial charge in [-0.05, 0) is 161 Å². The molecular weight excluding hydrogens is 869 g/mol. The molecule has 0 radical (unpaired) electrons.